The number of hydrogen-bond donors (Lipinski definition) is 3. The van der Waals surface area contributed by atoms with E-state index in [4.69, 9.17) is 16.7 Å². The molecule has 2 rings (SSSR count). The summed E-state index contributed by atoms with van der Waals surface area (Å²) in [4.78, 5) is 28.6. The first-order valence-corrected chi connectivity index (χ1v) is 10.1. The number of benzene rings is 1. The second-order valence-corrected chi connectivity index (χ2v) is 7.96. The summed E-state index contributed by atoms with van der Waals surface area (Å²) in [6.45, 7) is 7.23. The van der Waals surface area contributed by atoms with Crippen LogP contribution in [0.25, 0.3) is 0 Å². The zero-order chi connectivity index (χ0) is 20.7. The minimum Gasteiger partial charge on any atom is -0.395 e. The second kappa shape index (κ2) is 10.6. The number of carbonyl (C=O) groups excluding carboxylic acids is 2. The van der Waals surface area contributed by atoms with Crippen LogP contribution >= 0.6 is 11.6 Å². The normalized spacial score (nSPS) is 15.5. The number of hydrogen-bond acceptors (Lipinski definition) is 4. The highest BCUT2D eigenvalue weighted by atomic mass is 35.5. The lowest BCUT2D eigenvalue weighted by molar-refractivity contribution is 0.0755. The van der Waals surface area contributed by atoms with Crippen molar-refractivity contribution < 1.29 is 14.7 Å². The van der Waals surface area contributed by atoms with Crippen LogP contribution in [0.15, 0.2) is 18.2 Å². The van der Waals surface area contributed by atoms with Gasteiger partial charge in [-0.15, -0.1) is 0 Å². The molecule has 1 aliphatic heterocycles. The molecule has 0 bridgehead atoms. The number of likely N-dealkylation sites (tertiary alicyclic amines) is 1. The number of piperidine rings is 1. The number of carbonyl (C=O) groups is 2. The standard InChI is InChI=1S/C20H31ClN4O3/c1-14(2)24(3)19(27)16-4-5-17(21)18(12-16)23-20(28)22-13-15-6-8-25(9-7-15)10-11-26/h4-5,12,14-15,26H,6-11,13H2,1-3H3,(H2,22,23,28). The van der Waals surface area contributed by atoms with Crippen molar-refractivity contribution in [3.63, 3.8) is 0 Å². The van der Waals surface area contributed by atoms with Crippen molar-refractivity contribution in [1.29, 1.82) is 0 Å². The highest BCUT2D eigenvalue weighted by Crippen LogP contribution is 2.24. The molecule has 28 heavy (non-hydrogen) atoms. The number of halogens is 1. The number of urea groups is 1. The van der Waals surface area contributed by atoms with E-state index in [1.54, 1.807) is 30.1 Å². The van der Waals surface area contributed by atoms with Gasteiger partial charge in [-0.05, 0) is 63.9 Å². The van der Waals surface area contributed by atoms with Crippen LogP contribution in [0.3, 0.4) is 0 Å². The van der Waals surface area contributed by atoms with Gasteiger partial charge in [0.2, 0.25) is 0 Å². The monoisotopic (exact) mass is 410 g/mol. The molecule has 7 nitrogen and oxygen atoms in total. The van der Waals surface area contributed by atoms with Crippen LogP contribution in [0.2, 0.25) is 5.02 Å². The van der Waals surface area contributed by atoms with Gasteiger partial charge < -0.3 is 25.5 Å². The summed E-state index contributed by atoms with van der Waals surface area (Å²) in [5.74, 6) is 0.300. The summed E-state index contributed by atoms with van der Waals surface area (Å²) in [5.41, 5.74) is 0.895. The highest BCUT2D eigenvalue weighted by Gasteiger charge is 2.20. The van der Waals surface area contributed by atoms with Gasteiger partial charge in [0, 0.05) is 31.7 Å². The summed E-state index contributed by atoms with van der Waals surface area (Å²) >= 11 is 6.19. The minimum atomic E-state index is -0.332. The molecule has 1 fully saturated rings. The first kappa shape index (κ1) is 22.5. The first-order chi connectivity index (χ1) is 13.3. The van der Waals surface area contributed by atoms with Crippen LogP contribution in [0.5, 0.6) is 0 Å². The number of nitrogens with one attached hydrogen (secondary N) is 2. The topological polar surface area (TPSA) is 84.9 Å². The van der Waals surface area contributed by atoms with Gasteiger partial charge in [-0.1, -0.05) is 11.6 Å². The fourth-order valence-corrected chi connectivity index (χ4v) is 3.32. The van der Waals surface area contributed by atoms with Crippen molar-refractivity contribution in [3.05, 3.63) is 28.8 Å². The van der Waals surface area contributed by atoms with E-state index in [-0.39, 0.29) is 24.6 Å². The Hall–Kier alpha value is -1.83. The van der Waals surface area contributed by atoms with Crippen molar-refractivity contribution in [1.82, 2.24) is 15.1 Å². The number of rotatable bonds is 7. The first-order valence-electron chi connectivity index (χ1n) is 9.76. The van der Waals surface area contributed by atoms with Gasteiger partial charge in [0.05, 0.1) is 17.3 Å². The number of aliphatic hydroxyl groups excluding tert-OH is 1. The fourth-order valence-electron chi connectivity index (χ4n) is 3.15. The van der Waals surface area contributed by atoms with Gasteiger partial charge in [-0.25, -0.2) is 4.79 Å². The van der Waals surface area contributed by atoms with E-state index in [1.165, 1.54) is 0 Å². The van der Waals surface area contributed by atoms with Gasteiger partial charge >= 0.3 is 6.03 Å². The molecule has 3 N–H and O–H groups in total. The summed E-state index contributed by atoms with van der Waals surface area (Å²) in [7, 11) is 1.74. The maximum absolute atomic E-state index is 12.5. The van der Waals surface area contributed by atoms with Gasteiger partial charge in [0.1, 0.15) is 0 Å². The summed E-state index contributed by atoms with van der Waals surface area (Å²) in [6.07, 6.45) is 1.99. The third-order valence-electron chi connectivity index (χ3n) is 5.23. The maximum Gasteiger partial charge on any atom is 0.319 e. The van der Waals surface area contributed by atoms with Crippen molar-refractivity contribution in [3.8, 4) is 0 Å². The quantitative estimate of drug-likeness (QED) is 0.645. The molecule has 0 atom stereocenters. The van der Waals surface area contributed by atoms with Crippen molar-refractivity contribution in [2.45, 2.75) is 32.7 Å². The SMILES string of the molecule is CC(C)N(C)C(=O)c1ccc(Cl)c(NC(=O)NCC2CCN(CCO)CC2)c1. The lowest BCUT2D eigenvalue weighted by Gasteiger charge is -2.31. The molecule has 1 aliphatic rings. The second-order valence-electron chi connectivity index (χ2n) is 7.55. The molecule has 0 aromatic heterocycles. The minimum absolute atomic E-state index is 0.0756. The molecule has 0 aliphatic carbocycles. The lowest BCUT2D eigenvalue weighted by Crippen LogP contribution is -2.40. The molecule has 8 heteroatoms. The van der Waals surface area contributed by atoms with Crippen LogP contribution in [0.1, 0.15) is 37.0 Å². The van der Waals surface area contributed by atoms with Crippen LogP contribution in [0.4, 0.5) is 10.5 Å². The van der Waals surface area contributed by atoms with E-state index in [1.807, 2.05) is 13.8 Å². The van der Waals surface area contributed by atoms with Crippen molar-refractivity contribution in [2.24, 2.45) is 5.92 Å². The molecule has 1 aromatic rings. The predicted octanol–water partition coefficient (Wildman–Crippen LogP) is 2.65. The van der Waals surface area contributed by atoms with Gasteiger partial charge in [-0.2, -0.15) is 0 Å². The Balaban J connectivity index is 1.88. The van der Waals surface area contributed by atoms with E-state index < -0.39 is 0 Å². The van der Waals surface area contributed by atoms with Crippen LogP contribution in [0, 0.1) is 5.92 Å². The van der Waals surface area contributed by atoms with Crippen molar-refractivity contribution >= 4 is 29.2 Å². The molecule has 156 valence electrons. The Morgan fingerprint density at radius 3 is 2.61 bits per heavy atom. The van der Waals surface area contributed by atoms with E-state index in [0.29, 0.717) is 35.3 Å². The predicted molar refractivity (Wildman–Crippen MR) is 112 cm³/mol. The fraction of sp³-hybridized carbons (Fsp3) is 0.600. The Morgan fingerprint density at radius 1 is 1.32 bits per heavy atom. The van der Waals surface area contributed by atoms with Crippen LogP contribution < -0.4 is 10.6 Å². The number of aliphatic hydroxyl groups is 1. The molecular formula is C20H31ClN4O3. The Labute approximate surface area is 172 Å². The number of amides is 3. The molecule has 1 heterocycles. The molecule has 1 saturated heterocycles. The van der Waals surface area contributed by atoms with Crippen LogP contribution in [-0.2, 0) is 0 Å². The number of nitrogens with zero attached hydrogens (tertiary/aromatic N) is 2. The van der Waals surface area contributed by atoms with Crippen molar-refractivity contribution in [2.75, 3.05) is 45.2 Å². The molecule has 0 unspecified atom stereocenters. The largest absolute Gasteiger partial charge is 0.395 e. The van der Waals surface area contributed by atoms with E-state index in [9.17, 15) is 9.59 Å². The zero-order valence-corrected chi connectivity index (χ0v) is 17.6. The van der Waals surface area contributed by atoms with E-state index >= 15 is 0 Å². The third kappa shape index (κ3) is 6.36. The average molecular weight is 411 g/mol. The number of anilines is 1. The van der Waals surface area contributed by atoms with Gasteiger partial charge in [0.15, 0.2) is 0 Å². The van der Waals surface area contributed by atoms with Crippen LogP contribution in [-0.4, -0.2) is 72.7 Å². The molecule has 1 aromatic carbocycles. The zero-order valence-electron chi connectivity index (χ0n) is 16.9. The van der Waals surface area contributed by atoms with E-state index in [0.717, 1.165) is 25.9 Å². The van der Waals surface area contributed by atoms with Gasteiger partial charge in [0.25, 0.3) is 5.91 Å². The average Bonchev–Trinajstić information content (AvgIpc) is 2.68. The summed E-state index contributed by atoms with van der Waals surface area (Å²) in [6, 6.07) is 4.63. The Bertz CT molecular complexity index is 675. The highest BCUT2D eigenvalue weighted by molar-refractivity contribution is 6.33. The Morgan fingerprint density at radius 2 is 2.00 bits per heavy atom. The Kier molecular flexibility index (Phi) is 8.54. The molecule has 0 radical (unpaired) electrons. The summed E-state index contributed by atoms with van der Waals surface area (Å²) in [5, 5.41) is 15.0. The van der Waals surface area contributed by atoms with Gasteiger partial charge in [-0.3, -0.25) is 4.79 Å². The molecule has 3 amide bonds. The lowest BCUT2D eigenvalue weighted by atomic mass is 9.97. The molecule has 0 spiro atoms. The number of β-amino-alcohol motifs (C(OH)–C–C–N with tert-alkyl or cyclic N) is 1. The third-order valence-corrected chi connectivity index (χ3v) is 5.56. The smallest absolute Gasteiger partial charge is 0.319 e. The molecule has 0 saturated carbocycles. The van der Waals surface area contributed by atoms with E-state index in [2.05, 4.69) is 15.5 Å². The molecular weight excluding hydrogens is 380 g/mol. The summed E-state index contributed by atoms with van der Waals surface area (Å²) < 4.78 is 0. The maximum atomic E-state index is 12.5.